The van der Waals surface area contributed by atoms with Crippen LogP contribution in [-0.4, -0.2) is 60.3 Å². The highest BCUT2D eigenvalue weighted by atomic mass is 16.5. The molecule has 0 spiro atoms. The van der Waals surface area contributed by atoms with Gasteiger partial charge in [-0.05, 0) is 63.3 Å². The summed E-state index contributed by atoms with van der Waals surface area (Å²) in [6.07, 6.45) is 1.06. The summed E-state index contributed by atoms with van der Waals surface area (Å²) in [5.41, 5.74) is 3.47. The lowest BCUT2D eigenvalue weighted by Gasteiger charge is -2.11. The van der Waals surface area contributed by atoms with Crippen LogP contribution in [0.1, 0.15) is 34.8 Å². The number of rotatable bonds is 11. The molecule has 0 aliphatic carbocycles. The number of nitrogens with one attached hydrogen (secondary N) is 1. The fraction of sp³-hybridized carbons (Fsp3) is 0.333. The van der Waals surface area contributed by atoms with Crippen LogP contribution >= 0.6 is 0 Å². The van der Waals surface area contributed by atoms with Gasteiger partial charge in [0.25, 0.3) is 11.5 Å². The van der Waals surface area contributed by atoms with E-state index in [2.05, 4.69) is 15.3 Å². The van der Waals surface area contributed by atoms with Gasteiger partial charge in [-0.1, -0.05) is 36.4 Å². The Balaban J connectivity index is 1.69. The summed E-state index contributed by atoms with van der Waals surface area (Å²) < 4.78 is 6.40. The Bertz CT molecular complexity index is 1200. The number of hydrogen-bond acceptors (Lipinski definition) is 6. The van der Waals surface area contributed by atoms with E-state index in [9.17, 15) is 14.4 Å². The third-order valence-electron chi connectivity index (χ3n) is 5.35. The first-order chi connectivity index (χ1) is 16.9. The third-order valence-corrected chi connectivity index (χ3v) is 5.35. The fourth-order valence-electron chi connectivity index (χ4n) is 3.60. The summed E-state index contributed by atoms with van der Waals surface area (Å²) >= 11 is 0. The molecule has 1 N–H and O–H groups in total. The first kappa shape index (κ1) is 25.8. The largest absolute Gasteiger partial charge is 0.466 e. The molecule has 1 aromatic heterocycles. The predicted octanol–water partition coefficient (Wildman–Crippen LogP) is 2.75. The van der Waals surface area contributed by atoms with Crippen LogP contribution in [0.5, 0.6) is 0 Å². The van der Waals surface area contributed by atoms with Crippen molar-refractivity contribution >= 4 is 11.9 Å². The standard InChI is InChI=1S/C27H32N4O4/c1-4-35-26(33)18-20-7-5-8-21(17-20)19-31-25(32)14-13-24(29-31)22-9-11-23(12-10-22)27(34)28-15-6-16-30(2)3/h5,7-14,17H,4,6,15-16,18-19H2,1-3H3,(H,28,34). The zero-order valence-electron chi connectivity index (χ0n) is 20.5. The van der Waals surface area contributed by atoms with E-state index in [0.717, 1.165) is 29.7 Å². The Hall–Kier alpha value is -3.78. The number of hydrogen-bond donors (Lipinski definition) is 1. The van der Waals surface area contributed by atoms with Crippen LogP contribution in [0, 0.1) is 0 Å². The summed E-state index contributed by atoms with van der Waals surface area (Å²) in [7, 11) is 4.00. The number of esters is 1. The highest BCUT2D eigenvalue weighted by Crippen LogP contribution is 2.17. The van der Waals surface area contributed by atoms with Crippen molar-refractivity contribution in [1.82, 2.24) is 20.0 Å². The molecule has 3 aromatic rings. The Morgan fingerprint density at radius 3 is 2.49 bits per heavy atom. The second-order valence-electron chi connectivity index (χ2n) is 8.51. The van der Waals surface area contributed by atoms with Crippen LogP contribution in [0.15, 0.2) is 65.5 Å². The van der Waals surface area contributed by atoms with Crippen molar-refractivity contribution in [3.05, 3.63) is 87.7 Å². The second kappa shape index (κ2) is 12.6. The van der Waals surface area contributed by atoms with E-state index in [-0.39, 0.29) is 30.4 Å². The molecule has 0 radical (unpaired) electrons. The van der Waals surface area contributed by atoms with Crippen LogP contribution in [-0.2, 0) is 22.5 Å². The molecule has 3 rings (SSSR count). The zero-order valence-corrected chi connectivity index (χ0v) is 20.5. The van der Waals surface area contributed by atoms with Gasteiger partial charge in [-0.2, -0.15) is 5.10 Å². The molecule has 184 valence electrons. The maximum atomic E-state index is 12.4. The van der Waals surface area contributed by atoms with E-state index < -0.39 is 0 Å². The number of nitrogens with zero attached hydrogens (tertiary/aromatic N) is 3. The molecule has 8 nitrogen and oxygen atoms in total. The van der Waals surface area contributed by atoms with Crippen LogP contribution in [0.25, 0.3) is 11.3 Å². The molecule has 0 fully saturated rings. The fourth-order valence-corrected chi connectivity index (χ4v) is 3.60. The van der Waals surface area contributed by atoms with E-state index >= 15 is 0 Å². The number of aromatic nitrogens is 2. The topological polar surface area (TPSA) is 93.5 Å². The number of benzene rings is 2. The number of amides is 1. The van der Waals surface area contributed by atoms with Crippen molar-refractivity contribution in [2.45, 2.75) is 26.3 Å². The van der Waals surface area contributed by atoms with Gasteiger partial charge in [0.05, 0.1) is 25.3 Å². The Morgan fingerprint density at radius 1 is 1.03 bits per heavy atom. The molecule has 0 aliphatic rings. The first-order valence-electron chi connectivity index (χ1n) is 11.7. The van der Waals surface area contributed by atoms with Gasteiger partial charge in [0.1, 0.15) is 0 Å². The van der Waals surface area contributed by atoms with E-state index in [1.807, 2.05) is 50.5 Å². The lowest BCUT2D eigenvalue weighted by molar-refractivity contribution is -0.142. The lowest BCUT2D eigenvalue weighted by atomic mass is 10.1. The van der Waals surface area contributed by atoms with Crippen molar-refractivity contribution in [2.24, 2.45) is 0 Å². The lowest BCUT2D eigenvalue weighted by Crippen LogP contribution is -2.27. The summed E-state index contributed by atoms with van der Waals surface area (Å²) in [6, 6.07) is 17.8. The molecule has 8 heteroatoms. The molecular weight excluding hydrogens is 444 g/mol. The summed E-state index contributed by atoms with van der Waals surface area (Å²) in [6.45, 7) is 3.92. The van der Waals surface area contributed by atoms with Gasteiger partial charge < -0.3 is 15.0 Å². The van der Waals surface area contributed by atoms with Crippen molar-refractivity contribution in [3.8, 4) is 11.3 Å². The van der Waals surface area contributed by atoms with Gasteiger partial charge in [0.2, 0.25) is 0 Å². The highest BCUT2D eigenvalue weighted by Gasteiger charge is 2.09. The number of ether oxygens (including phenoxy) is 1. The van der Waals surface area contributed by atoms with E-state index in [0.29, 0.717) is 24.4 Å². The number of carbonyl (C=O) groups excluding carboxylic acids is 2. The maximum absolute atomic E-state index is 12.4. The van der Waals surface area contributed by atoms with Crippen LogP contribution in [0.2, 0.25) is 0 Å². The molecule has 2 aromatic carbocycles. The monoisotopic (exact) mass is 476 g/mol. The average Bonchev–Trinajstić information content (AvgIpc) is 2.83. The van der Waals surface area contributed by atoms with Gasteiger partial charge in [-0.3, -0.25) is 14.4 Å². The van der Waals surface area contributed by atoms with Gasteiger partial charge >= 0.3 is 5.97 Å². The Morgan fingerprint density at radius 2 is 1.77 bits per heavy atom. The number of carbonyl (C=O) groups is 2. The second-order valence-corrected chi connectivity index (χ2v) is 8.51. The summed E-state index contributed by atoms with van der Waals surface area (Å²) in [5.74, 6) is -0.399. The van der Waals surface area contributed by atoms with Crippen LogP contribution < -0.4 is 10.9 Å². The van der Waals surface area contributed by atoms with Crippen molar-refractivity contribution < 1.29 is 14.3 Å². The molecular formula is C27H32N4O4. The predicted molar refractivity (Wildman–Crippen MR) is 135 cm³/mol. The molecule has 0 atom stereocenters. The Kier molecular flexibility index (Phi) is 9.31. The van der Waals surface area contributed by atoms with Gasteiger partial charge in [-0.15, -0.1) is 0 Å². The normalized spacial score (nSPS) is 10.9. The quantitative estimate of drug-likeness (QED) is 0.338. The van der Waals surface area contributed by atoms with E-state index in [1.165, 1.54) is 10.7 Å². The van der Waals surface area contributed by atoms with Gasteiger partial charge in [0.15, 0.2) is 0 Å². The maximum Gasteiger partial charge on any atom is 0.310 e. The van der Waals surface area contributed by atoms with Crippen molar-refractivity contribution in [1.29, 1.82) is 0 Å². The average molecular weight is 477 g/mol. The molecule has 0 unspecified atom stereocenters. The third kappa shape index (κ3) is 7.89. The molecule has 0 saturated heterocycles. The minimum Gasteiger partial charge on any atom is -0.466 e. The summed E-state index contributed by atoms with van der Waals surface area (Å²) in [4.78, 5) is 38.6. The molecule has 0 saturated carbocycles. The van der Waals surface area contributed by atoms with Crippen molar-refractivity contribution in [2.75, 3.05) is 33.8 Å². The molecule has 0 bridgehead atoms. The van der Waals surface area contributed by atoms with Crippen LogP contribution in [0.4, 0.5) is 0 Å². The van der Waals surface area contributed by atoms with Crippen LogP contribution in [0.3, 0.4) is 0 Å². The minimum absolute atomic E-state index is 0.115. The zero-order chi connectivity index (χ0) is 25.2. The molecule has 1 amide bonds. The van der Waals surface area contributed by atoms with Gasteiger partial charge in [-0.25, -0.2) is 4.68 Å². The summed E-state index contributed by atoms with van der Waals surface area (Å²) in [5, 5.41) is 7.44. The molecule has 35 heavy (non-hydrogen) atoms. The molecule has 0 aliphatic heterocycles. The van der Waals surface area contributed by atoms with E-state index in [4.69, 9.17) is 4.74 Å². The highest BCUT2D eigenvalue weighted by molar-refractivity contribution is 5.94. The smallest absolute Gasteiger partial charge is 0.310 e. The minimum atomic E-state index is -0.285. The molecule has 1 heterocycles. The first-order valence-corrected chi connectivity index (χ1v) is 11.7. The Labute approximate surface area is 205 Å². The van der Waals surface area contributed by atoms with Gasteiger partial charge in [0, 0.05) is 23.7 Å². The SMILES string of the molecule is CCOC(=O)Cc1cccc(Cn2nc(-c3ccc(C(=O)NCCCN(C)C)cc3)ccc2=O)c1. The van der Waals surface area contributed by atoms with Crippen molar-refractivity contribution in [3.63, 3.8) is 0 Å². The van der Waals surface area contributed by atoms with E-state index in [1.54, 1.807) is 25.1 Å².